The fourth-order valence-corrected chi connectivity index (χ4v) is 2.02. The number of hydrogen-bond donors (Lipinski definition) is 1. The first-order valence-corrected chi connectivity index (χ1v) is 5.83. The lowest BCUT2D eigenvalue weighted by Crippen LogP contribution is -2.08. The summed E-state index contributed by atoms with van der Waals surface area (Å²) < 4.78 is 38.9. The highest BCUT2D eigenvalue weighted by atomic mass is 19.4. The van der Waals surface area contributed by atoms with Gasteiger partial charge in [0.15, 0.2) is 0 Å². The number of halogens is 3. The standard InChI is InChI=1S/C14H9F3N2O/c15-14(16,17)10-6-4-9(5-7-10)11-8-19-12(18-11)2-1-3-13(19)20/h1-8,18H. The second kappa shape index (κ2) is 4.26. The van der Waals surface area contributed by atoms with E-state index >= 15 is 0 Å². The van der Waals surface area contributed by atoms with Crippen LogP contribution in [-0.4, -0.2) is 9.38 Å². The maximum Gasteiger partial charge on any atom is 0.416 e. The van der Waals surface area contributed by atoms with E-state index in [1.54, 1.807) is 18.3 Å². The molecule has 1 N–H and O–H groups in total. The number of rotatable bonds is 1. The fraction of sp³-hybridized carbons (Fsp3) is 0.0714. The van der Waals surface area contributed by atoms with Gasteiger partial charge in [0.2, 0.25) is 0 Å². The lowest BCUT2D eigenvalue weighted by atomic mass is 10.1. The molecule has 0 aliphatic heterocycles. The van der Waals surface area contributed by atoms with E-state index in [2.05, 4.69) is 4.98 Å². The van der Waals surface area contributed by atoms with Crippen molar-refractivity contribution in [2.75, 3.05) is 0 Å². The summed E-state index contributed by atoms with van der Waals surface area (Å²) in [6, 6.07) is 9.53. The number of imidazole rings is 1. The van der Waals surface area contributed by atoms with Crippen molar-refractivity contribution in [3.05, 3.63) is 64.6 Å². The van der Waals surface area contributed by atoms with Crippen molar-refractivity contribution in [2.45, 2.75) is 6.18 Å². The third-order valence-corrected chi connectivity index (χ3v) is 3.03. The number of benzene rings is 1. The van der Waals surface area contributed by atoms with Gasteiger partial charge in [0.05, 0.1) is 11.3 Å². The number of aromatic nitrogens is 2. The average molecular weight is 278 g/mol. The molecule has 3 rings (SSSR count). The molecule has 102 valence electrons. The first-order valence-electron chi connectivity index (χ1n) is 5.83. The van der Waals surface area contributed by atoms with Crippen molar-refractivity contribution < 1.29 is 13.2 Å². The summed E-state index contributed by atoms with van der Waals surface area (Å²) in [6.07, 6.45) is -2.78. The molecule has 1 aromatic carbocycles. The molecule has 20 heavy (non-hydrogen) atoms. The Labute approximate surface area is 111 Å². The van der Waals surface area contributed by atoms with Gasteiger partial charge in [0.1, 0.15) is 5.65 Å². The zero-order valence-corrected chi connectivity index (χ0v) is 10.1. The molecule has 0 aliphatic carbocycles. The Morgan fingerprint density at radius 2 is 1.70 bits per heavy atom. The van der Waals surface area contributed by atoms with Gasteiger partial charge in [-0.1, -0.05) is 18.2 Å². The smallest absolute Gasteiger partial charge is 0.340 e. The van der Waals surface area contributed by atoms with Gasteiger partial charge in [-0.05, 0) is 23.8 Å². The van der Waals surface area contributed by atoms with Crippen molar-refractivity contribution in [3.8, 4) is 11.3 Å². The molecule has 0 unspecified atom stereocenters. The second-order valence-corrected chi connectivity index (χ2v) is 4.36. The lowest BCUT2D eigenvalue weighted by molar-refractivity contribution is -0.137. The molecule has 0 spiro atoms. The molecule has 6 heteroatoms. The summed E-state index contributed by atoms with van der Waals surface area (Å²) in [4.78, 5) is 14.6. The molecule has 0 atom stereocenters. The molecule has 0 fully saturated rings. The number of fused-ring (bicyclic) bond motifs is 1. The summed E-state index contributed by atoms with van der Waals surface area (Å²) in [5.41, 5.74) is 0.863. The largest absolute Gasteiger partial charge is 0.416 e. The van der Waals surface area contributed by atoms with Gasteiger partial charge in [-0.2, -0.15) is 13.2 Å². The van der Waals surface area contributed by atoms with Gasteiger partial charge in [-0.3, -0.25) is 9.20 Å². The van der Waals surface area contributed by atoms with Crippen molar-refractivity contribution >= 4 is 5.65 Å². The molecule has 0 amide bonds. The number of pyridine rings is 1. The van der Waals surface area contributed by atoms with E-state index in [9.17, 15) is 18.0 Å². The van der Waals surface area contributed by atoms with Gasteiger partial charge in [-0.25, -0.2) is 0 Å². The van der Waals surface area contributed by atoms with Crippen LogP contribution in [-0.2, 0) is 6.18 Å². The SMILES string of the molecule is O=c1cccc2[nH]c(-c3ccc(C(F)(F)F)cc3)cn12. The van der Waals surface area contributed by atoms with Crippen LogP contribution >= 0.6 is 0 Å². The van der Waals surface area contributed by atoms with Crippen molar-refractivity contribution in [3.63, 3.8) is 0 Å². The van der Waals surface area contributed by atoms with Gasteiger partial charge < -0.3 is 4.98 Å². The zero-order valence-electron chi connectivity index (χ0n) is 10.1. The molecule has 0 saturated carbocycles. The number of nitrogens with one attached hydrogen (secondary N) is 1. The summed E-state index contributed by atoms with van der Waals surface area (Å²) in [5, 5.41) is 0. The number of hydrogen-bond acceptors (Lipinski definition) is 1. The van der Waals surface area contributed by atoms with Crippen LogP contribution in [0.15, 0.2) is 53.5 Å². The minimum atomic E-state index is -4.35. The van der Waals surface area contributed by atoms with Crippen LogP contribution in [0.3, 0.4) is 0 Å². The summed E-state index contributed by atoms with van der Waals surface area (Å²) in [7, 11) is 0. The molecular formula is C14H9F3N2O. The summed E-state index contributed by atoms with van der Waals surface area (Å²) >= 11 is 0. The predicted molar refractivity (Wildman–Crippen MR) is 68.5 cm³/mol. The molecule has 0 aliphatic rings. The fourth-order valence-electron chi connectivity index (χ4n) is 2.02. The minimum Gasteiger partial charge on any atom is -0.340 e. The lowest BCUT2D eigenvalue weighted by Gasteiger charge is -2.06. The first kappa shape index (κ1) is 12.5. The normalized spacial score (nSPS) is 11.9. The number of alkyl halides is 3. The van der Waals surface area contributed by atoms with E-state index in [4.69, 9.17) is 0 Å². The molecular weight excluding hydrogens is 269 g/mol. The Hall–Kier alpha value is -2.50. The monoisotopic (exact) mass is 278 g/mol. The van der Waals surface area contributed by atoms with E-state index in [1.807, 2.05) is 0 Å². The van der Waals surface area contributed by atoms with Crippen molar-refractivity contribution in [2.24, 2.45) is 0 Å². The van der Waals surface area contributed by atoms with Gasteiger partial charge in [0, 0.05) is 12.3 Å². The second-order valence-electron chi connectivity index (χ2n) is 4.36. The third kappa shape index (κ3) is 2.09. The molecule has 2 aromatic heterocycles. The predicted octanol–water partition coefficient (Wildman–Crippen LogP) is 3.31. The van der Waals surface area contributed by atoms with E-state index in [1.165, 1.54) is 22.6 Å². The van der Waals surface area contributed by atoms with Crippen LogP contribution in [0.4, 0.5) is 13.2 Å². The molecule has 0 bridgehead atoms. The van der Waals surface area contributed by atoms with E-state index in [-0.39, 0.29) is 5.56 Å². The minimum absolute atomic E-state index is 0.197. The van der Waals surface area contributed by atoms with E-state index in [0.717, 1.165) is 12.1 Å². The van der Waals surface area contributed by atoms with Crippen LogP contribution in [0.1, 0.15) is 5.56 Å². The van der Waals surface area contributed by atoms with Crippen LogP contribution in [0.25, 0.3) is 16.9 Å². The van der Waals surface area contributed by atoms with Crippen LogP contribution in [0, 0.1) is 0 Å². The van der Waals surface area contributed by atoms with Gasteiger partial charge >= 0.3 is 6.18 Å². The molecule has 0 saturated heterocycles. The molecule has 3 nitrogen and oxygen atoms in total. The Kier molecular flexibility index (Phi) is 2.67. The zero-order chi connectivity index (χ0) is 14.3. The van der Waals surface area contributed by atoms with Crippen LogP contribution < -0.4 is 5.56 Å². The van der Waals surface area contributed by atoms with Gasteiger partial charge in [-0.15, -0.1) is 0 Å². The maximum atomic E-state index is 12.5. The quantitative estimate of drug-likeness (QED) is 0.728. The topological polar surface area (TPSA) is 37.3 Å². The number of aromatic amines is 1. The highest BCUT2D eigenvalue weighted by molar-refractivity contribution is 5.62. The average Bonchev–Trinajstić information content (AvgIpc) is 2.83. The Bertz CT molecular complexity index is 813. The van der Waals surface area contributed by atoms with E-state index in [0.29, 0.717) is 16.9 Å². The Balaban J connectivity index is 2.07. The molecule has 2 heterocycles. The maximum absolute atomic E-state index is 12.5. The van der Waals surface area contributed by atoms with E-state index < -0.39 is 11.7 Å². The van der Waals surface area contributed by atoms with Crippen molar-refractivity contribution in [1.82, 2.24) is 9.38 Å². The van der Waals surface area contributed by atoms with Crippen LogP contribution in [0.5, 0.6) is 0 Å². The molecule has 3 aromatic rings. The summed E-state index contributed by atoms with van der Waals surface area (Å²) in [5.74, 6) is 0. The highest BCUT2D eigenvalue weighted by Gasteiger charge is 2.30. The highest BCUT2D eigenvalue weighted by Crippen LogP contribution is 2.30. The third-order valence-electron chi connectivity index (χ3n) is 3.03. The number of nitrogens with zero attached hydrogens (tertiary/aromatic N) is 1. The Morgan fingerprint density at radius 3 is 2.30 bits per heavy atom. The van der Waals surface area contributed by atoms with Crippen molar-refractivity contribution in [1.29, 1.82) is 0 Å². The van der Waals surface area contributed by atoms with Crippen LogP contribution in [0.2, 0.25) is 0 Å². The molecule has 0 radical (unpaired) electrons. The number of H-pyrrole nitrogens is 1. The van der Waals surface area contributed by atoms with Gasteiger partial charge in [0.25, 0.3) is 5.56 Å². The first-order chi connectivity index (χ1) is 9.45. The summed E-state index contributed by atoms with van der Waals surface area (Å²) in [6.45, 7) is 0. The Morgan fingerprint density at radius 1 is 1.00 bits per heavy atom.